The maximum absolute atomic E-state index is 13.6. The topological polar surface area (TPSA) is 57.7 Å². The van der Waals surface area contributed by atoms with Crippen molar-refractivity contribution in [3.05, 3.63) is 88.9 Å². The van der Waals surface area contributed by atoms with Gasteiger partial charge in [0.15, 0.2) is 0 Å². The molecule has 3 aromatic rings. The van der Waals surface area contributed by atoms with Gasteiger partial charge >= 0.3 is 0 Å². The molecule has 0 aliphatic carbocycles. The molecule has 1 heterocycles. The molecule has 0 fully saturated rings. The minimum Gasteiger partial charge on any atom is -0.307 e. The summed E-state index contributed by atoms with van der Waals surface area (Å²) in [7, 11) is -3.97. The number of carbonyl (C=O) groups is 1. The van der Waals surface area contributed by atoms with Crippen molar-refractivity contribution in [2.75, 3.05) is 15.7 Å². The molecule has 1 atom stereocenters. The highest BCUT2D eigenvalue weighted by Crippen LogP contribution is 2.34. The van der Waals surface area contributed by atoms with Gasteiger partial charge in [-0.25, -0.2) is 8.42 Å². The smallest absolute Gasteiger partial charge is 0.264 e. The van der Waals surface area contributed by atoms with Gasteiger partial charge in [-0.05, 0) is 67.8 Å². The van der Waals surface area contributed by atoms with Gasteiger partial charge in [0.1, 0.15) is 6.54 Å². The molecule has 0 N–H and O–H groups in total. The Morgan fingerprint density at radius 2 is 1.74 bits per heavy atom. The summed E-state index contributed by atoms with van der Waals surface area (Å²) >= 11 is 6.09. The molecule has 1 aliphatic rings. The third-order valence-corrected chi connectivity index (χ3v) is 7.52. The van der Waals surface area contributed by atoms with E-state index in [1.54, 1.807) is 48.2 Å². The van der Waals surface area contributed by atoms with Gasteiger partial charge in [-0.15, -0.1) is 0 Å². The second-order valence-electron chi connectivity index (χ2n) is 7.70. The fourth-order valence-electron chi connectivity index (χ4n) is 4.06. The van der Waals surface area contributed by atoms with Crippen LogP contribution in [0, 0.1) is 6.92 Å². The van der Waals surface area contributed by atoms with E-state index < -0.39 is 10.0 Å². The molecule has 1 aliphatic heterocycles. The summed E-state index contributed by atoms with van der Waals surface area (Å²) in [5.74, 6) is -0.272. The number of hydrogen-bond donors (Lipinski definition) is 0. The summed E-state index contributed by atoms with van der Waals surface area (Å²) < 4.78 is 28.3. The quantitative estimate of drug-likeness (QED) is 0.555. The van der Waals surface area contributed by atoms with Gasteiger partial charge in [0.05, 0.1) is 10.6 Å². The highest BCUT2D eigenvalue weighted by molar-refractivity contribution is 7.92. The number of amides is 1. The average Bonchev–Trinajstić information content (AvgIpc) is 3.08. The Morgan fingerprint density at radius 1 is 1.06 bits per heavy atom. The van der Waals surface area contributed by atoms with Gasteiger partial charge < -0.3 is 4.90 Å². The maximum atomic E-state index is 13.6. The predicted molar refractivity (Wildman–Crippen MR) is 124 cm³/mol. The lowest BCUT2D eigenvalue weighted by Gasteiger charge is -2.29. The number of nitrogens with zero attached hydrogens (tertiary/aromatic N) is 2. The number of halogens is 1. The minimum absolute atomic E-state index is 0.0440. The molecule has 3 aromatic carbocycles. The van der Waals surface area contributed by atoms with Gasteiger partial charge in [-0.2, -0.15) is 0 Å². The average molecular weight is 455 g/mol. The monoisotopic (exact) mass is 454 g/mol. The summed E-state index contributed by atoms with van der Waals surface area (Å²) in [6, 6.07) is 20.8. The fourth-order valence-corrected chi connectivity index (χ4v) is 5.79. The van der Waals surface area contributed by atoms with E-state index in [0.29, 0.717) is 16.3 Å². The molecule has 0 spiro atoms. The highest BCUT2D eigenvalue weighted by Gasteiger charge is 2.35. The van der Waals surface area contributed by atoms with Crippen molar-refractivity contribution in [3.63, 3.8) is 0 Å². The van der Waals surface area contributed by atoms with Gasteiger partial charge in [0, 0.05) is 16.8 Å². The zero-order valence-electron chi connectivity index (χ0n) is 17.3. The first-order valence-electron chi connectivity index (χ1n) is 10.0. The number of carbonyl (C=O) groups excluding carboxylic acids is 1. The van der Waals surface area contributed by atoms with Crippen LogP contribution in [-0.4, -0.2) is 26.9 Å². The molecule has 7 heteroatoms. The van der Waals surface area contributed by atoms with Crippen LogP contribution < -0.4 is 9.21 Å². The van der Waals surface area contributed by atoms with E-state index in [2.05, 4.69) is 0 Å². The molecule has 160 valence electrons. The Kier molecular flexibility index (Phi) is 5.77. The maximum Gasteiger partial charge on any atom is 0.264 e. The van der Waals surface area contributed by atoms with E-state index in [0.717, 1.165) is 17.7 Å². The van der Waals surface area contributed by atoms with Crippen molar-refractivity contribution in [2.24, 2.45) is 0 Å². The van der Waals surface area contributed by atoms with Crippen LogP contribution in [0.1, 0.15) is 18.1 Å². The molecular formula is C24H23ClN2O3S. The van der Waals surface area contributed by atoms with E-state index in [4.69, 9.17) is 11.6 Å². The van der Waals surface area contributed by atoms with Crippen LogP contribution in [-0.2, 0) is 21.2 Å². The second kappa shape index (κ2) is 8.36. The Hall–Kier alpha value is -2.83. The van der Waals surface area contributed by atoms with E-state index in [1.165, 1.54) is 16.4 Å². The molecule has 0 unspecified atom stereocenters. The van der Waals surface area contributed by atoms with Crippen LogP contribution in [0.4, 0.5) is 11.4 Å². The zero-order chi connectivity index (χ0) is 22.2. The zero-order valence-corrected chi connectivity index (χ0v) is 18.9. The molecule has 0 radical (unpaired) electrons. The van der Waals surface area contributed by atoms with E-state index in [9.17, 15) is 13.2 Å². The molecule has 31 heavy (non-hydrogen) atoms. The normalized spacial score (nSPS) is 15.6. The fraction of sp³-hybridized carbons (Fsp3) is 0.208. The Bertz CT molecular complexity index is 1230. The number of benzene rings is 3. The van der Waals surface area contributed by atoms with Gasteiger partial charge in [0.2, 0.25) is 5.91 Å². The lowest BCUT2D eigenvalue weighted by atomic mass is 10.1. The standard InChI is InChI=1S/C24H23ClN2O3S/c1-17-14-20(25)12-13-22(17)26(31(29,30)21-9-4-3-5-10-21)16-24(28)27-18(2)15-19-8-6-7-11-23(19)27/h3-14,18H,15-16H2,1-2H3/t18-/m1/s1. The summed E-state index contributed by atoms with van der Waals surface area (Å²) in [5.41, 5.74) is 3.03. The number of fused-ring (bicyclic) bond motifs is 1. The number of rotatable bonds is 5. The van der Waals surface area contributed by atoms with Crippen LogP contribution >= 0.6 is 11.6 Å². The van der Waals surface area contributed by atoms with Crippen molar-refractivity contribution in [3.8, 4) is 0 Å². The first-order valence-corrected chi connectivity index (χ1v) is 11.8. The summed E-state index contributed by atoms with van der Waals surface area (Å²) in [6.07, 6.45) is 0.743. The molecule has 1 amide bonds. The van der Waals surface area contributed by atoms with Crippen LogP contribution in [0.5, 0.6) is 0 Å². The Labute approximate surface area is 187 Å². The number of aryl methyl sites for hydroxylation is 1. The van der Waals surface area contributed by atoms with E-state index in [1.807, 2.05) is 31.2 Å². The van der Waals surface area contributed by atoms with Gasteiger partial charge in [-0.1, -0.05) is 48.0 Å². The lowest BCUT2D eigenvalue weighted by Crippen LogP contribution is -2.45. The van der Waals surface area contributed by atoms with Crippen molar-refractivity contribution in [1.82, 2.24) is 0 Å². The third kappa shape index (κ3) is 4.05. The van der Waals surface area contributed by atoms with Crippen molar-refractivity contribution >= 4 is 38.9 Å². The first kappa shape index (κ1) is 21.4. The summed E-state index contributed by atoms with van der Waals surface area (Å²) in [5, 5.41) is 0.506. The van der Waals surface area contributed by atoms with Crippen molar-refractivity contribution in [1.29, 1.82) is 0 Å². The molecular weight excluding hydrogens is 432 g/mol. The largest absolute Gasteiger partial charge is 0.307 e. The van der Waals surface area contributed by atoms with Crippen LogP contribution in [0.3, 0.4) is 0 Å². The predicted octanol–water partition coefficient (Wildman–Crippen LogP) is 4.82. The molecule has 0 bridgehead atoms. The molecule has 0 aromatic heterocycles. The van der Waals surface area contributed by atoms with E-state index >= 15 is 0 Å². The van der Waals surface area contributed by atoms with Gasteiger partial charge in [0.25, 0.3) is 10.0 Å². The second-order valence-corrected chi connectivity index (χ2v) is 10.00. The number of hydrogen-bond acceptors (Lipinski definition) is 3. The van der Waals surface area contributed by atoms with Gasteiger partial charge in [-0.3, -0.25) is 9.10 Å². The summed E-state index contributed by atoms with van der Waals surface area (Å²) in [4.78, 5) is 15.3. The number of sulfonamides is 1. The number of anilines is 2. The van der Waals surface area contributed by atoms with Crippen LogP contribution in [0.15, 0.2) is 77.7 Å². The summed E-state index contributed by atoms with van der Waals surface area (Å²) in [6.45, 7) is 3.45. The Morgan fingerprint density at radius 3 is 2.45 bits per heavy atom. The van der Waals surface area contributed by atoms with Crippen molar-refractivity contribution in [2.45, 2.75) is 31.2 Å². The van der Waals surface area contributed by atoms with Crippen molar-refractivity contribution < 1.29 is 13.2 Å². The highest BCUT2D eigenvalue weighted by atomic mass is 35.5. The molecule has 0 saturated heterocycles. The van der Waals surface area contributed by atoms with Crippen LogP contribution in [0.25, 0.3) is 0 Å². The minimum atomic E-state index is -3.97. The molecule has 4 rings (SSSR count). The number of para-hydroxylation sites is 1. The SMILES string of the molecule is Cc1cc(Cl)ccc1N(CC(=O)N1c2ccccc2C[C@H]1C)S(=O)(=O)c1ccccc1. The van der Waals surface area contributed by atoms with E-state index in [-0.39, 0.29) is 23.4 Å². The first-order chi connectivity index (χ1) is 14.8. The lowest BCUT2D eigenvalue weighted by molar-refractivity contribution is -0.117. The Balaban J connectivity index is 1.76. The molecule has 5 nitrogen and oxygen atoms in total. The third-order valence-electron chi connectivity index (χ3n) is 5.51. The van der Waals surface area contributed by atoms with Crippen LogP contribution in [0.2, 0.25) is 5.02 Å². The molecule has 0 saturated carbocycles.